The first-order valence-electron chi connectivity index (χ1n) is 7.16. The molecule has 0 aromatic heterocycles. The highest BCUT2D eigenvalue weighted by atomic mass is 16.3. The van der Waals surface area contributed by atoms with Crippen LogP contribution < -0.4 is 0 Å². The number of phenolic OH excluding ortho intramolecular Hbond substituents is 1. The number of carbonyl (C=O) groups is 2. The van der Waals surface area contributed by atoms with Crippen molar-refractivity contribution in [1.29, 1.82) is 0 Å². The van der Waals surface area contributed by atoms with Gasteiger partial charge in [-0.05, 0) is 42.7 Å². The molecule has 23 heavy (non-hydrogen) atoms. The van der Waals surface area contributed by atoms with Crippen molar-refractivity contribution in [1.82, 2.24) is 0 Å². The Morgan fingerprint density at radius 1 is 0.870 bits per heavy atom. The predicted octanol–water partition coefficient (Wildman–Crippen LogP) is 4.58. The first-order chi connectivity index (χ1) is 10.8. The van der Waals surface area contributed by atoms with Crippen LogP contribution in [0.1, 0.15) is 34.6 Å². The van der Waals surface area contributed by atoms with E-state index in [9.17, 15) is 14.7 Å². The van der Waals surface area contributed by atoms with Gasteiger partial charge in [-0.2, -0.15) is 0 Å². The van der Waals surface area contributed by atoms with E-state index in [1.54, 1.807) is 26.0 Å². The highest BCUT2D eigenvalue weighted by molar-refractivity contribution is 6.20. The van der Waals surface area contributed by atoms with Crippen LogP contribution in [0.15, 0.2) is 66.8 Å². The van der Waals surface area contributed by atoms with Crippen LogP contribution in [0.25, 0.3) is 11.1 Å². The fourth-order valence-corrected chi connectivity index (χ4v) is 2.30. The van der Waals surface area contributed by atoms with Gasteiger partial charge in [-0.25, -0.2) is 0 Å². The number of rotatable bonds is 5. The zero-order valence-electron chi connectivity index (χ0n) is 13.2. The van der Waals surface area contributed by atoms with Crippen LogP contribution >= 0.6 is 0 Å². The van der Waals surface area contributed by atoms with Gasteiger partial charge in [-0.15, -0.1) is 0 Å². The van der Waals surface area contributed by atoms with Crippen molar-refractivity contribution in [3.8, 4) is 16.9 Å². The van der Waals surface area contributed by atoms with Crippen LogP contribution in [0.4, 0.5) is 0 Å². The second kappa shape index (κ2) is 6.44. The summed E-state index contributed by atoms with van der Waals surface area (Å²) in [6, 6.07) is 12.4. The number of phenols is 1. The number of allylic oxidation sites excluding steroid dienone is 2. The summed E-state index contributed by atoms with van der Waals surface area (Å²) < 4.78 is 0. The maximum atomic E-state index is 12.5. The lowest BCUT2D eigenvalue weighted by molar-refractivity contribution is 0.0997. The van der Waals surface area contributed by atoms with Gasteiger partial charge in [-0.1, -0.05) is 43.5 Å². The van der Waals surface area contributed by atoms with E-state index in [0.717, 1.165) is 5.56 Å². The Morgan fingerprint density at radius 2 is 1.43 bits per heavy atom. The van der Waals surface area contributed by atoms with Gasteiger partial charge < -0.3 is 5.11 Å². The van der Waals surface area contributed by atoms with E-state index in [1.165, 1.54) is 0 Å². The lowest BCUT2D eigenvalue weighted by Crippen LogP contribution is -2.11. The summed E-state index contributed by atoms with van der Waals surface area (Å²) in [5, 5.41) is 10.6. The third-order valence-electron chi connectivity index (χ3n) is 3.51. The minimum Gasteiger partial charge on any atom is -0.507 e. The monoisotopic (exact) mass is 306 g/mol. The zero-order valence-corrected chi connectivity index (χ0v) is 13.2. The van der Waals surface area contributed by atoms with Gasteiger partial charge in [0.15, 0.2) is 11.6 Å². The molecule has 0 aliphatic carbocycles. The molecule has 2 aromatic carbocycles. The van der Waals surface area contributed by atoms with Crippen molar-refractivity contribution in [2.75, 3.05) is 0 Å². The Hall–Kier alpha value is -2.94. The molecular weight excluding hydrogens is 288 g/mol. The van der Waals surface area contributed by atoms with E-state index in [0.29, 0.717) is 11.1 Å². The van der Waals surface area contributed by atoms with E-state index in [4.69, 9.17) is 0 Å². The van der Waals surface area contributed by atoms with E-state index in [2.05, 4.69) is 13.2 Å². The fraction of sp³-hybridized carbons (Fsp3) is 0.100. The van der Waals surface area contributed by atoms with E-state index >= 15 is 0 Å². The lowest BCUT2D eigenvalue weighted by Gasteiger charge is -2.14. The molecule has 0 aliphatic rings. The SMILES string of the molecule is C=C(C)C(=O)c1ccc(-c2ccccc2)c(O)c1C(=O)C(=C)C. The molecule has 3 nitrogen and oxygen atoms in total. The second-order valence-corrected chi connectivity index (χ2v) is 5.47. The van der Waals surface area contributed by atoms with Crippen LogP contribution in [0, 0.1) is 0 Å². The molecule has 1 N–H and O–H groups in total. The average molecular weight is 306 g/mol. The van der Waals surface area contributed by atoms with Crippen LogP contribution in [-0.2, 0) is 0 Å². The molecule has 0 aliphatic heterocycles. The van der Waals surface area contributed by atoms with Crippen molar-refractivity contribution >= 4 is 11.6 Å². The Morgan fingerprint density at radius 3 is 1.96 bits per heavy atom. The highest BCUT2D eigenvalue weighted by Gasteiger charge is 2.24. The van der Waals surface area contributed by atoms with E-state index in [1.807, 2.05) is 30.3 Å². The number of carbonyl (C=O) groups excluding carboxylic acids is 2. The summed E-state index contributed by atoms with van der Waals surface area (Å²) in [5.41, 5.74) is 1.92. The number of ketones is 2. The molecule has 0 radical (unpaired) electrons. The van der Waals surface area contributed by atoms with Gasteiger partial charge in [0, 0.05) is 11.1 Å². The number of Topliss-reactive ketones (excluding diaryl/α,β-unsaturated/α-hetero) is 2. The lowest BCUT2D eigenvalue weighted by atomic mass is 9.90. The van der Waals surface area contributed by atoms with Gasteiger partial charge in [0.2, 0.25) is 0 Å². The van der Waals surface area contributed by atoms with Crippen LogP contribution in [-0.4, -0.2) is 16.7 Å². The third-order valence-corrected chi connectivity index (χ3v) is 3.51. The summed E-state index contributed by atoms with van der Waals surface area (Å²) in [6.07, 6.45) is 0. The molecule has 116 valence electrons. The van der Waals surface area contributed by atoms with Crippen molar-refractivity contribution in [3.05, 3.63) is 77.9 Å². The molecule has 0 unspecified atom stereocenters. The molecule has 0 bridgehead atoms. The Labute approximate surface area is 135 Å². The number of hydrogen-bond donors (Lipinski definition) is 1. The standard InChI is InChI=1S/C20H18O3/c1-12(2)18(21)16-11-10-15(14-8-6-5-7-9-14)20(23)17(16)19(22)13(3)4/h5-11,23H,1,3H2,2,4H3. The normalized spacial score (nSPS) is 10.2. The smallest absolute Gasteiger partial charge is 0.192 e. The van der Waals surface area contributed by atoms with Crippen molar-refractivity contribution in [3.63, 3.8) is 0 Å². The molecule has 2 aromatic rings. The average Bonchev–Trinajstić information content (AvgIpc) is 2.53. The maximum Gasteiger partial charge on any atom is 0.192 e. The van der Waals surface area contributed by atoms with Gasteiger partial charge in [0.25, 0.3) is 0 Å². The topological polar surface area (TPSA) is 54.4 Å². The molecule has 2 rings (SSSR count). The molecule has 0 heterocycles. The van der Waals surface area contributed by atoms with Crippen LogP contribution in [0.2, 0.25) is 0 Å². The largest absolute Gasteiger partial charge is 0.507 e. The van der Waals surface area contributed by atoms with Gasteiger partial charge >= 0.3 is 0 Å². The number of hydrogen-bond acceptors (Lipinski definition) is 3. The molecule has 3 heteroatoms. The maximum absolute atomic E-state index is 12.5. The Kier molecular flexibility index (Phi) is 4.60. The minimum absolute atomic E-state index is 0.0214. The first kappa shape index (κ1) is 16.4. The number of benzene rings is 2. The number of aromatic hydroxyl groups is 1. The van der Waals surface area contributed by atoms with Crippen LogP contribution in [0.5, 0.6) is 5.75 Å². The minimum atomic E-state index is -0.454. The molecule has 0 saturated carbocycles. The van der Waals surface area contributed by atoms with E-state index in [-0.39, 0.29) is 28.2 Å². The van der Waals surface area contributed by atoms with Crippen molar-refractivity contribution < 1.29 is 14.7 Å². The molecule has 0 amide bonds. The summed E-state index contributed by atoms with van der Waals surface area (Å²) >= 11 is 0. The van der Waals surface area contributed by atoms with Gasteiger partial charge in [0.1, 0.15) is 5.75 Å². The molecule has 0 spiro atoms. The highest BCUT2D eigenvalue weighted by Crippen LogP contribution is 2.36. The van der Waals surface area contributed by atoms with Crippen molar-refractivity contribution in [2.45, 2.75) is 13.8 Å². The van der Waals surface area contributed by atoms with Gasteiger partial charge in [-0.3, -0.25) is 9.59 Å². The second-order valence-electron chi connectivity index (χ2n) is 5.47. The first-order valence-corrected chi connectivity index (χ1v) is 7.16. The molecule has 0 saturated heterocycles. The van der Waals surface area contributed by atoms with Crippen LogP contribution in [0.3, 0.4) is 0 Å². The third kappa shape index (κ3) is 3.14. The van der Waals surface area contributed by atoms with Gasteiger partial charge in [0.05, 0.1) is 5.56 Å². The fourth-order valence-electron chi connectivity index (χ4n) is 2.30. The zero-order chi connectivity index (χ0) is 17.1. The summed E-state index contributed by atoms with van der Waals surface area (Å²) in [6.45, 7) is 10.4. The Balaban J connectivity index is 2.76. The summed E-state index contributed by atoms with van der Waals surface area (Å²) in [4.78, 5) is 24.8. The quantitative estimate of drug-likeness (QED) is 0.650. The summed E-state index contributed by atoms with van der Waals surface area (Å²) in [7, 11) is 0. The predicted molar refractivity (Wildman–Crippen MR) is 91.8 cm³/mol. The summed E-state index contributed by atoms with van der Waals surface area (Å²) in [5.74, 6) is -1.04. The Bertz CT molecular complexity index is 814. The van der Waals surface area contributed by atoms with Crippen molar-refractivity contribution in [2.24, 2.45) is 0 Å². The molecule has 0 fully saturated rings. The molecular formula is C20H18O3. The van der Waals surface area contributed by atoms with E-state index < -0.39 is 5.78 Å². The molecule has 0 atom stereocenters.